The predicted molar refractivity (Wildman–Crippen MR) is 126 cm³/mol. The zero-order valence-electron chi connectivity index (χ0n) is 17.6. The summed E-state index contributed by atoms with van der Waals surface area (Å²) in [5, 5.41) is 2.79. The van der Waals surface area contributed by atoms with E-state index in [9.17, 15) is 18.0 Å². The van der Waals surface area contributed by atoms with Gasteiger partial charge in [0.05, 0.1) is 17.0 Å². The number of methoxy groups -OCH3 is 1. The Morgan fingerprint density at radius 2 is 1.70 bits per heavy atom. The molecule has 0 saturated carbocycles. The number of anilines is 1. The van der Waals surface area contributed by atoms with Crippen LogP contribution in [-0.2, 0) is 21.2 Å². The molecular formula is C23H22ClN3O5S. The third kappa shape index (κ3) is 6.32. The minimum atomic E-state index is -4.09. The summed E-state index contributed by atoms with van der Waals surface area (Å²) in [7, 11) is -2.67. The van der Waals surface area contributed by atoms with Crippen LogP contribution in [0, 0.1) is 0 Å². The highest BCUT2D eigenvalue weighted by Gasteiger charge is 2.27. The summed E-state index contributed by atoms with van der Waals surface area (Å²) in [6.07, 6.45) is 0.106. The lowest BCUT2D eigenvalue weighted by atomic mass is 10.1. The van der Waals surface area contributed by atoms with Gasteiger partial charge in [0, 0.05) is 11.3 Å². The van der Waals surface area contributed by atoms with E-state index in [1.165, 1.54) is 49.6 Å². The van der Waals surface area contributed by atoms with E-state index >= 15 is 0 Å². The lowest BCUT2D eigenvalue weighted by Gasteiger charge is -2.19. The standard InChI is InChI=1S/C23H22ClN3O5S/c1-32-21-12-11-18(14-19(21)24)33(30,31)27-20(13-15-5-3-2-4-6-15)23(29)26-17-9-7-16(8-10-17)22(25)28/h2-12,14,20,27H,13H2,1H3,(H2,25,28)(H,26,29). The van der Waals surface area contributed by atoms with Gasteiger partial charge in [-0.25, -0.2) is 8.42 Å². The summed E-state index contributed by atoms with van der Waals surface area (Å²) >= 11 is 6.08. The molecule has 0 spiro atoms. The first kappa shape index (κ1) is 24.2. The van der Waals surface area contributed by atoms with Gasteiger partial charge >= 0.3 is 0 Å². The van der Waals surface area contributed by atoms with Crippen molar-refractivity contribution in [3.8, 4) is 5.75 Å². The van der Waals surface area contributed by atoms with Crippen molar-refractivity contribution in [3.05, 3.63) is 88.9 Å². The van der Waals surface area contributed by atoms with Crippen LogP contribution in [0.25, 0.3) is 0 Å². The van der Waals surface area contributed by atoms with Crippen molar-refractivity contribution in [2.24, 2.45) is 5.73 Å². The Bertz CT molecular complexity index is 1250. The molecule has 1 atom stereocenters. The van der Waals surface area contributed by atoms with E-state index in [2.05, 4.69) is 10.0 Å². The summed E-state index contributed by atoms with van der Waals surface area (Å²) in [4.78, 5) is 24.2. The van der Waals surface area contributed by atoms with Crippen LogP contribution in [0.3, 0.4) is 0 Å². The smallest absolute Gasteiger partial charge is 0.248 e. The van der Waals surface area contributed by atoms with Gasteiger partial charge in [0.2, 0.25) is 21.8 Å². The number of carbonyl (C=O) groups is 2. The lowest BCUT2D eigenvalue weighted by molar-refractivity contribution is -0.117. The number of halogens is 1. The van der Waals surface area contributed by atoms with E-state index < -0.39 is 27.9 Å². The average molecular weight is 488 g/mol. The zero-order chi connectivity index (χ0) is 24.0. The fraction of sp³-hybridized carbons (Fsp3) is 0.130. The largest absolute Gasteiger partial charge is 0.495 e. The summed E-state index contributed by atoms with van der Waals surface area (Å²) in [6.45, 7) is 0. The first-order chi connectivity index (χ1) is 15.7. The molecule has 0 saturated heterocycles. The van der Waals surface area contributed by atoms with E-state index in [4.69, 9.17) is 22.1 Å². The zero-order valence-corrected chi connectivity index (χ0v) is 19.2. The third-order valence-corrected chi connectivity index (χ3v) is 6.53. The number of rotatable bonds is 9. The highest BCUT2D eigenvalue weighted by atomic mass is 35.5. The van der Waals surface area contributed by atoms with Gasteiger partial charge in [-0.05, 0) is 54.4 Å². The molecule has 10 heteroatoms. The molecule has 4 N–H and O–H groups in total. The second-order valence-electron chi connectivity index (χ2n) is 7.09. The summed E-state index contributed by atoms with van der Waals surface area (Å²) in [6, 6.07) is 17.8. The number of benzene rings is 3. The summed E-state index contributed by atoms with van der Waals surface area (Å²) < 4.78 is 33.6. The number of carbonyl (C=O) groups excluding carboxylic acids is 2. The van der Waals surface area contributed by atoms with Gasteiger partial charge in [-0.15, -0.1) is 0 Å². The van der Waals surface area contributed by atoms with Crippen molar-refractivity contribution in [3.63, 3.8) is 0 Å². The van der Waals surface area contributed by atoms with Gasteiger partial charge in [0.25, 0.3) is 0 Å². The molecule has 0 fully saturated rings. The molecule has 3 aromatic carbocycles. The highest BCUT2D eigenvalue weighted by molar-refractivity contribution is 7.89. The minimum absolute atomic E-state index is 0.106. The van der Waals surface area contributed by atoms with Crippen molar-refractivity contribution < 1.29 is 22.7 Å². The lowest BCUT2D eigenvalue weighted by Crippen LogP contribution is -2.45. The molecule has 3 aromatic rings. The molecule has 172 valence electrons. The highest BCUT2D eigenvalue weighted by Crippen LogP contribution is 2.27. The topological polar surface area (TPSA) is 128 Å². The van der Waals surface area contributed by atoms with Crippen LogP contribution in [0.5, 0.6) is 5.75 Å². The van der Waals surface area contributed by atoms with E-state index in [0.29, 0.717) is 11.4 Å². The Labute approximate surface area is 196 Å². The van der Waals surface area contributed by atoms with Gasteiger partial charge < -0.3 is 15.8 Å². The Morgan fingerprint density at radius 3 is 2.27 bits per heavy atom. The molecule has 1 unspecified atom stereocenters. The van der Waals surface area contributed by atoms with Crippen LogP contribution in [0.15, 0.2) is 77.7 Å². The average Bonchev–Trinajstić information content (AvgIpc) is 2.79. The van der Waals surface area contributed by atoms with Gasteiger partial charge in [0.1, 0.15) is 11.8 Å². The molecule has 0 radical (unpaired) electrons. The van der Waals surface area contributed by atoms with E-state index in [0.717, 1.165) is 5.56 Å². The van der Waals surface area contributed by atoms with Crippen molar-refractivity contribution in [2.75, 3.05) is 12.4 Å². The molecule has 0 aromatic heterocycles. The first-order valence-corrected chi connectivity index (χ1v) is 11.7. The maximum atomic E-state index is 13.0. The van der Waals surface area contributed by atoms with Crippen LogP contribution in [0.4, 0.5) is 5.69 Å². The Balaban J connectivity index is 1.86. The van der Waals surface area contributed by atoms with Crippen LogP contribution >= 0.6 is 11.6 Å². The van der Waals surface area contributed by atoms with Gasteiger partial charge in [-0.1, -0.05) is 41.9 Å². The molecule has 0 bridgehead atoms. The molecule has 33 heavy (non-hydrogen) atoms. The number of nitrogens with one attached hydrogen (secondary N) is 2. The molecule has 2 amide bonds. The number of primary amides is 1. The van der Waals surface area contributed by atoms with Crippen LogP contribution in [0.2, 0.25) is 5.02 Å². The number of hydrogen-bond donors (Lipinski definition) is 3. The van der Waals surface area contributed by atoms with Crippen LogP contribution < -0.4 is 20.5 Å². The normalized spacial score (nSPS) is 12.1. The first-order valence-electron chi connectivity index (χ1n) is 9.80. The molecule has 0 aliphatic carbocycles. The van der Waals surface area contributed by atoms with Gasteiger partial charge in [0.15, 0.2) is 0 Å². The fourth-order valence-corrected chi connectivity index (χ4v) is 4.60. The number of hydrogen-bond acceptors (Lipinski definition) is 5. The summed E-state index contributed by atoms with van der Waals surface area (Å²) in [5.74, 6) is -0.844. The molecule has 0 aliphatic heterocycles. The second kappa shape index (κ2) is 10.5. The van der Waals surface area contributed by atoms with Crippen LogP contribution in [-0.4, -0.2) is 33.4 Å². The van der Waals surface area contributed by atoms with E-state index in [1.807, 2.05) is 6.07 Å². The third-order valence-electron chi connectivity index (χ3n) is 4.77. The van der Waals surface area contributed by atoms with E-state index in [1.54, 1.807) is 24.3 Å². The van der Waals surface area contributed by atoms with Crippen molar-refractivity contribution in [1.29, 1.82) is 0 Å². The molecule has 0 aliphatic rings. The summed E-state index contributed by atoms with van der Waals surface area (Å²) in [5.41, 5.74) is 6.66. The molecular weight excluding hydrogens is 466 g/mol. The number of ether oxygens (including phenoxy) is 1. The van der Waals surface area contributed by atoms with E-state index in [-0.39, 0.29) is 21.9 Å². The fourth-order valence-electron chi connectivity index (χ4n) is 3.05. The molecule has 3 rings (SSSR count). The van der Waals surface area contributed by atoms with Gasteiger partial charge in [-0.2, -0.15) is 4.72 Å². The second-order valence-corrected chi connectivity index (χ2v) is 9.21. The Hall–Kier alpha value is -3.40. The predicted octanol–water partition coefficient (Wildman–Crippen LogP) is 2.98. The maximum Gasteiger partial charge on any atom is 0.248 e. The monoisotopic (exact) mass is 487 g/mol. The number of sulfonamides is 1. The van der Waals surface area contributed by atoms with Crippen molar-refractivity contribution in [2.45, 2.75) is 17.4 Å². The van der Waals surface area contributed by atoms with Gasteiger partial charge in [-0.3, -0.25) is 9.59 Å². The van der Waals surface area contributed by atoms with Crippen molar-refractivity contribution >= 4 is 39.1 Å². The minimum Gasteiger partial charge on any atom is -0.495 e. The van der Waals surface area contributed by atoms with Crippen molar-refractivity contribution in [1.82, 2.24) is 4.72 Å². The molecule has 8 nitrogen and oxygen atoms in total. The Kier molecular flexibility index (Phi) is 7.70. The molecule has 0 heterocycles. The Morgan fingerprint density at radius 1 is 1.03 bits per heavy atom. The maximum absolute atomic E-state index is 13.0. The number of nitrogens with two attached hydrogens (primary N) is 1. The number of amides is 2. The van der Waals surface area contributed by atoms with Crippen LogP contribution in [0.1, 0.15) is 15.9 Å². The SMILES string of the molecule is COc1ccc(S(=O)(=O)NC(Cc2ccccc2)C(=O)Nc2ccc(C(N)=O)cc2)cc1Cl. The quantitative estimate of drug-likeness (QED) is 0.427.